The molecule has 0 saturated heterocycles. The van der Waals surface area contributed by atoms with Crippen LogP contribution < -0.4 is 19.9 Å². The Morgan fingerprint density at radius 2 is 1.75 bits per heavy atom. The molecule has 11 heteroatoms. The van der Waals surface area contributed by atoms with E-state index >= 15 is 0 Å². The van der Waals surface area contributed by atoms with E-state index in [1.807, 2.05) is 6.92 Å². The Labute approximate surface area is 184 Å². The summed E-state index contributed by atoms with van der Waals surface area (Å²) < 4.78 is 38.2. The van der Waals surface area contributed by atoms with Crippen LogP contribution in [0.4, 0.5) is 11.5 Å². The van der Waals surface area contributed by atoms with Crippen LogP contribution in [0.25, 0.3) is 0 Å². The maximum absolute atomic E-state index is 12.8. The smallest absolute Gasteiger partial charge is 0.348 e. The molecule has 32 heavy (non-hydrogen) atoms. The van der Waals surface area contributed by atoms with Gasteiger partial charge in [-0.05, 0) is 31.2 Å². The predicted octanol–water partition coefficient (Wildman–Crippen LogP) is 2.52. The van der Waals surface area contributed by atoms with Crippen LogP contribution in [0.15, 0.2) is 57.1 Å². The molecule has 0 fully saturated rings. The summed E-state index contributed by atoms with van der Waals surface area (Å²) in [6.07, 6.45) is 1.37. The highest BCUT2D eigenvalue weighted by Gasteiger charge is 2.20. The summed E-state index contributed by atoms with van der Waals surface area (Å²) in [4.78, 5) is 22.0. The van der Waals surface area contributed by atoms with Gasteiger partial charge in [-0.2, -0.15) is 10.2 Å². The van der Waals surface area contributed by atoms with Crippen molar-refractivity contribution in [3.05, 3.63) is 69.8 Å². The molecule has 10 nitrogen and oxygen atoms in total. The maximum atomic E-state index is 12.8. The largest absolute Gasteiger partial charge is 0.497 e. The third-order valence-electron chi connectivity index (χ3n) is 4.30. The van der Waals surface area contributed by atoms with Crippen molar-refractivity contribution in [2.24, 2.45) is 4.99 Å². The molecule has 164 valence electrons. The molecule has 3 rings (SSSR count). The molecule has 0 unspecified atom stereocenters. The van der Waals surface area contributed by atoms with E-state index in [0.717, 1.165) is 5.56 Å². The minimum atomic E-state index is -4.09. The first kappa shape index (κ1) is 22.5. The number of ether oxygens (including phenoxy) is 2. The highest BCUT2D eigenvalue weighted by molar-refractivity contribution is 7.92. The Morgan fingerprint density at radius 3 is 2.31 bits per heavy atom. The van der Waals surface area contributed by atoms with Crippen molar-refractivity contribution in [2.45, 2.75) is 11.8 Å². The van der Waals surface area contributed by atoms with Crippen molar-refractivity contribution in [2.75, 3.05) is 18.9 Å². The second-order valence-corrected chi connectivity index (χ2v) is 8.23. The summed E-state index contributed by atoms with van der Waals surface area (Å²) in [5.74, 6) is 0.634. The molecule has 0 aliphatic rings. The minimum Gasteiger partial charge on any atom is -0.497 e. The van der Waals surface area contributed by atoms with Crippen molar-refractivity contribution in [3.63, 3.8) is 0 Å². The van der Waals surface area contributed by atoms with E-state index in [-0.39, 0.29) is 22.1 Å². The number of anilines is 1. The molecule has 0 aliphatic carbocycles. The zero-order valence-electron chi connectivity index (χ0n) is 17.4. The van der Waals surface area contributed by atoms with Gasteiger partial charge in [0, 0.05) is 17.8 Å². The average molecular weight is 453 g/mol. The number of aromatic nitrogens is 2. The fourth-order valence-corrected chi connectivity index (χ4v) is 3.70. The van der Waals surface area contributed by atoms with Gasteiger partial charge in [-0.15, -0.1) is 0 Å². The molecule has 0 radical (unpaired) electrons. The fraction of sp³-hybridized carbons (Fsp3) is 0.143. The lowest BCUT2D eigenvalue weighted by Gasteiger charge is -2.10. The Hall–Kier alpha value is -4.17. The number of benzene rings is 2. The van der Waals surface area contributed by atoms with E-state index in [1.54, 1.807) is 36.4 Å². The van der Waals surface area contributed by atoms with Gasteiger partial charge in [0.2, 0.25) is 0 Å². The zero-order valence-corrected chi connectivity index (χ0v) is 18.2. The van der Waals surface area contributed by atoms with Crippen LogP contribution in [0.5, 0.6) is 11.5 Å². The molecule has 0 aliphatic heterocycles. The minimum absolute atomic E-state index is 0.0313. The van der Waals surface area contributed by atoms with Crippen molar-refractivity contribution >= 4 is 27.7 Å². The van der Waals surface area contributed by atoms with Gasteiger partial charge in [0.15, 0.2) is 11.5 Å². The molecule has 3 aromatic rings. The summed E-state index contributed by atoms with van der Waals surface area (Å²) in [5.41, 5.74) is 0.125. The molecule has 0 saturated carbocycles. The quantitative estimate of drug-likeness (QED) is 0.523. The second kappa shape index (κ2) is 9.32. The standard InChI is InChI=1S/C21H19N5O5S/c1-13-4-6-17(7-5-13)32(28,29)26-20-19(18(11-22)24-21(27)25-20)23-12-14-8-15(30-2)10-16(9-14)31-3/h4-10,12H,1-3H3,(H2,24,25,26,27). The first-order valence-corrected chi connectivity index (χ1v) is 10.6. The van der Waals surface area contributed by atoms with Crippen LogP contribution in [-0.2, 0) is 10.0 Å². The fourth-order valence-electron chi connectivity index (χ4n) is 2.69. The summed E-state index contributed by atoms with van der Waals surface area (Å²) in [7, 11) is -1.10. The zero-order chi connectivity index (χ0) is 23.3. The summed E-state index contributed by atoms with van der Waals surface area (Å²) in [6.45, 7) is 1.82. The van der Waals surface area contributed by atoms with Gasteiger partial charge >= 0.3 is 5.69 Å². The normalized spacial score (nSPS) is 11.2. The number of nitrogens with one attached hydrogen (secondary N) is 2. The summed E-state index contributed by atoms with van der Waals surface area (Å²) in [5, 5.41) is 9.44. The number of nitriles is 1. The van der Waals surface area contributed by atoms with Crippen LogP contribution in [0.3, 0.4) is 0 Å². The van der Waals surface area contributed by atoms with Crippen LogP contribution in [0.2, 0.25) is 0 Å². The first-order chi connectivity index (χ1) is 15.2. The van der Waals surface area contributed by atoms with Gasteiger partial charge in [-0.1, -0.05) is 17.7 Å². The van der Waals surface area contributed by atoms with Gasteiger partial charge in [0.1, 0.15) is 23.3 Å². The highest BCUT2D eigenvalue weighted by Crippen LogP contribution is 2.28. The number of hydrogen-bond donors (Lipinski definition) is 2. The molecule has 1 heterocycles. The molecule has 0 bridgehead atoms. The number of H-pyrrole nitrogens is 1. The number of nitrogens with zero attached hydrogens (tertiary/aromatic N) is 3. The van der Waals surface area contributed by atoms with Crippen molar-refractivity contribution in [1.82, 2.24) is 9.97 Å². The highest BCUT2D eigenvalue weighted by atomic mass is 32.2. The number of sulfonamides is 1. The number of aryl methyl sites for hydroxylation is 1. The van der Waals surface area contributed by atoms with Crippen molar-refractivity contribution in [3.8, 4) is 17.6 Å². The molecule has 0 atom stereocenters. The van der Waals surface area contributed by atoms with Crippen molar-refractivity contribution < 1.29 is 17.9 Å². The lowest BCUT2D eigenvalue weighted by Crippen LogP contribution is -2.20. The summed E-state index contributed by atoms with van der Waals surface area (Å²) >= 11 is 0. The van der Waals surface area contributed by atoms with E-state index in [4.69, 9.17) is 9.47 Å². The number of aliphatic imine (C=N–C) groups is 1. The Morgan fingerprint density at radius 1 is 1.12 bits per heavy atom. The topological polar surface area (TPSA) is 147 Å². The average Bonchev–Trinajstić information content (AvgIpc) is 2.77. The number of hydrogen-bond acceptors (Lipinski definition) is 8. The van der Waals surface area contributed by atoms with E-state index in [2.05, 4.69) is 19.7 Å². The molecular weight excluding hydrogens is 434 g/mol. The lowest BCUT2D eigenvalue weighted by molar-refractivity contribution is 0.394. The second-order valence-electron chi connectivity index (χ2n) is 6.55. The van der Waals surface area contributed by atoms with E-state index < -0.39 is 15.7 Å². The monoisotopic (exact) mass is 453 g/mol. The molecule has 0 amide bonds. The number of methoxy groups -OCH3 is 2. The first-order valence-electron chi connectivity index (χ1n) is 9.17. The number of aromatic amines is 1. The van der Waals surface area contributed by atoms with Gasteiger partial charge < -0.3 is 9.47 Å². The molecule has 1 aromatic heterocycles. The molecule has 2 N–H and O–H groups in total. The van der Waals surface area contributed by atoms with Crippen LogP contribution in [-0.4, -0.2) is 38.8 Å². The van der Waals surface area contributed by atoms with Gasteiger partial charge in [0.25, 0.3) is 10.0 Å². The molecular formula is C21H19N5O5S. The molecule has 0 spiro atoms. The van der Waals surface area contributed by atoms with Gasteiger partial charge in [-0.25, -0.2) is 18.2 Å². The SMILES string of the molecule is COc1cc(C=Nc2c(NS(=O)(=O)c3ccc(C)cc3)nc(=O)[nH]c2C#N)cc(OC)c1. The summed E-state index contributed by atoms with van der Waals surface area (Å²) in [6, 6.07) is 12.9. The van der Waals surface area contributed by atoms with Gasteiger partial charge in [0.05, 0.1) is 19.1 Å². The lowest BCUT2D eigenvalue weighted by atomic mass is 10.2. The Balaban J connectivity index is 2.07. The Kier molecular flexibility index (Phi) is 6.56. The maximum Gasteiger partial charge on any atom is 0.348 e. The van der Waals surface area contributed by atoms with Crippen LogP contribution >= 0.6 is 0 Å². The van der Waals surface area contributed by atoms with Crippen LogP contribution in [0, 0.1) is 18.3 Å². The van der Waals surface area contributed by atoms with Crippen LogP contribution in [0.1, 0.15) is 16.8 Å². The van der Waals surface area contributed by atoms with Crippen molar-refractivity contribution in [1.29, 1.82) is 5.26 Å². The third-order valence-corrected chi connectivity index (χ3v) is 5.65. The van der Waals surface area contributed by atoms with E-state index in [1.165, 1.54) is 32.6 Å². The third kappa shape index (κ3) is 5.11. The van der Waals surface area contributed by atoms with Gasteiger partial charge in [-0.3, -0.25) is 9.71 Å². The van der Waals surface area contributed by atoms with E-state index in [0.29, 0.717) is 17.1 Å². The van der Waals surface area contributed by atoms with E-state index in [9.17, 15) is 18.5 Å². The predicted molar refractivity (Wildman–Crippen MR) is 118 cm³/mol. The number of rotatable bonds is 7. The Bertz CT molecular complexity index is 1350. The molecule has 2 aromatic carbocycles.